The zero-order valence-corrected chi connectivity index (χ0v) is 13.0. The predicted molar refractivity (Wildman–Crippen MR) is 81.4 cm³/mol. The second-order valence-corrected chi connectivity index (χ2v) is 5.01. The summed E-state index contributed by atoms with van der Waals surface area (Å²) in [6.07, 6.45) is 2.24. The number of likely N-dealkylation sites (N-methyl/N-ethyl adjacent to an activating group) is 1. The van der Waals surface area contributed by atoms with Crippen LogP contribution < -0.4 is 5.32 Å². The molecule has 0 bridgehead atoms. The zero-order valence-electron chi connectivity index (χ0n) is 13.0. The molecule has 5 heteroatoms. The van der Waals surface area contributed by atoms with E-state index in [0.29, 0.717) is 6.54 Å². The number of nitrogens with zero attached hydrogens (tertiary/aromatic N) is 3. The molecular formula is C14H28N4O. The van der Waals surface area contributed by atoms with Crippen molar-refractivity contribution in [2.75, 3.05) is 40.8 Å². The van der Waals surface area contributed by atoms with Crippen molar-refractivity contribution in [2.24, 2.45) is 4.99 Å². The molecule has 0 atom stereocenters. The Balaban J connectivity index is 4.59. The fourth-order valence-corrected chi connectivity index (χ4v) is 1.33. The Bertz CT molecular complexity index is 323. The molecule has 0 spiro atoms. The molecule has 1 amide bonds. The average Bonchev–Trinajstić information content (AvgIpc) is 2.35. The minimum Gasteiger partial charge on any atom is -0.353 e. The Morgan fingerprint density at radius 2 is 1.95 bits per heavy atom. The summed E-state index contributed by atoms with van der Waals surface area (Å²) in [4.78, 5) is 19.5. The maximum absolute atomic E-state index is 11.6. The van der Waals surface area contributed by atoms with Gasteiger partial charge >= 0.3 is 0 Å². The number of rotatable bonds is 7. The van der Waals surface area contributed by atoms with E-state index < -0.39 is 0 Å². The molecule has 0 aliphatic carbocycles. The largest absolute Gasteiger partial charge is 0.353 e. The molecule has 0 aromatic heterocycles. The lowest BCUT2D eigenvalue weighted by Gasteiger charge is -2.22. The van der Waals surface area contributed by atoms with E-state index in [1.54, 1.807) is 19.0 Å². The SMILES string of the molecule is C=C(C)CNC(=NCC(=O)N(C)C)N(C)CCCC. The third-order valence-electron chi connectivity index (χ3n) is 2.62. The third kappa shape index (κ3) is 8.24. The van der Waals surface area contributed by atoms with E-state index in [1.807, 2.05) is 14.0 Å². The first-order valence-corrected chi connectivity index (χ1v) is 6.72. The Labute approximate surface area is 117 Å². The number of hydrogen-bond donors (Lipinski definition) is 1. The lowest BCUT2D eigenvalue weighted by Crippen LogP contribution is -2.41. The fourth-order valence-electron chi connectivity index (χ4n) is 1.33. The summed E-state index contributed by atoms with van der Waals surface area (Å²) in [7, 11) is 5.46. The maximum atomic E-state index is 11.6. The first kappa shape index (κ1) is 17.5. The highest BCUT2D eigenvalue weighted by molar-refractivity contribution is 5.84. The number of carbonyl (C=O) groups is 1. The van der Waals surface area contributed by atoms with Crippen molar-refractivity contribution in [3.05, 3.63) is 12.2 Å². The van der Waals surface area contributed by atoms with Crippen LogP contribution in [-0.2, 0) is 4.79 Å². The van der Waals surface area contributed by atoms with Crippen molar-refractivity contribution < 1.29 is 4.79 Å². The summed E-state index contributed by atoms with van der Waals surface area (Å²) < 4.78 is 0. The van der Waals surface area contributed by atoms with Gasteiger partial charge in [-0.2, -0.15) is 0 Å². The van der Waals surface area contributed by atoms with Gasteiger partial charge in [0.25, 0.3) is 0 Å². The number of amides is 1. The smallest absolute Gasteiger partial charge is 0.243 e. The Hall–Kier alpha value is -1.52. The molecular weight excluding hydrogens is 240 g/mol. The highest BCUT2D eigenvalue weighted by atomic mass is 16.2. The molecule has 0 aromatic rings. The van der Waals surface area contributed by atoms with Crippen LogP contribution in [0.15, 0.2) is 17.1 Å². The van der Waals surface area contributed by atoms with E-state index >= 15 is 0 Å². The van der Waals surface area contributed by atoms with Gasteiger partial charge in [-0.15, -0.1) is 0 Å². The van der Waals surface area contributed by atoms with Gasteiger partial charge in [0.1, 0.15) is 6.54 Å². The van der Waals surface area contributed by atoms with E-state index in [4.69, 9.17) is 0 Å². The molecule has 0 saturated carbocycles. The summed E-state index contributed by atoms with van der Waals surface area (Å²) in [5.41, 5.74) is 1.04. The van der Waals surface area contributed by atoms with E-state index in [1.165, 1.54) is 0 Å². The molecule has 1 N–H and O–H groups in total. The highest BCUT2D eigenvalue weighted by Gasteiger charge is 2.08. The molecule has 0 heterocycles. The number of nitrogens with one attached hydrogen (secondary N) is 1. The average molecular weight is 268 g/mol. The summed E-state index contributed by atoms with van der Waals surface area (Å²) >= 11 is 0. The molecule has 0 saturated heterocycles. The van der Waals surface area contributed by atoms with Gasteiger partial charge in [0, 0.05) is 34.2 Å². The van der Waals surface area contributed by atoms with Crippen LogP contribution in [0.5, 0.6) is 0 Å². The van der Waals surface area contributed by atoms with Gasteiger partial charge in [0.15, 0.2) is 5.96 Å². The highest BCUT2D eigenvalue weighted by Crippen LogP contribution is 1.95. The van der Waals surface area contributed by atoms with Crippen LogP contribution >= 0.6 is 0 Å². The van der Waals surface area contributed by atoms with Gasteiger partial charge in [0.05, 0.1) is 0 Å². The zero-order chi connectivity index (χ0) is 14.8. The van der Waals surface area contributed by atoms with Gasteiger partial charge < -0.3 is 15.1 Å². The lowest BCUT2D eigenvalue weighted by molar-refractivity contribution is -0.127. The normalized spacial score (nSPS) is 11.1. The van der Waals surface area contributed by atoms with Gasteiger partial charge in [-0.05, 0) is 13.3 Å². The second kappa shape index (κ2) is 9.42. The van der Waals surface area contributed by atoms with Crippen LogP contribution in [0.4, 0.5) is 0 Å². The molecule has 5 nitrogen and oxygen atoms in total. The van der Waals surface area contributed by atoms with Crippen LogP contribution in [0.1, 0.15) is 26.7 Å². The van der Waals surface area contributed by atoms with E-state index in [-0.39, 0.29) is 12.5 Å². The number of aliphatic imine (C=N–C) groups is 1. The molecule has 19 heavy (non-hydrogen) atoms. The summed E-state index contributed by atoms with van der Waals surface area (Å²) in [5, 5.41) is 3.23. The Morgan fingerprint density at radius 1 is 1.32 bits per heavy atom. The number of guanidine groups is 1. The van der Waals surface area contributed by atoms with Crippen LogP contribution in [0, 0.1) is 0 Å². The van der Waals surface area contributed by atoms with E-state index in [2.05, 4.69) is 28.7 Å². The second-order valence-electron chi connectivity index (χ2n) is 5.01. The molecule has 110 valence electrons. The monoisotopic (exact) mass is 268 g/mol. The Kier molecular flexibility index (Phi) is 8.66. The summed E-state index contributed by atoms with van der Waals surface area (Å²) in [6, 6.07) is 0. The molecule has 0 aliphatic heterocycles. The minimum atomic E-state index is -0.00137. The van der Waals surface area contributed by atoms with Crippen molar-refractivity contribution >= 4 is 11.9 Å². The molecule has 0 rings (SSSR count). The summed E-state index contributed by atoms with van der Waals surface area (Å²) in [6.45, 7) is 9.74. The van der Waals surface area contributed by atoms with Crippen LogP contribution in [0.2, 0.25) is 0 Å². The van der Waals surface area contributed by atoms with E-state index in [9.17, 15) is 4.79 Å². The Morgan fingerprint density at radius 3 is 2.42 bits per heavy atom. The lowest BCUT2D eigenvalue weighted by atomic mass is 10.3. The van der Waals surface area contributed by atoms with Crippen molar-refractivity contribution in [1.29, 1.82) is 0 Å². The first-order chi connectivity index (χ1) is 8.88. The quantitative estimate of drug-likeness (QED) is 0.430. The predicted octanol–water partition coefficient (Wildman–Crippen LogP) is 1.33. The minimum absolute atomic E-state index is 0.00137. The molecule has 0 fully saturated rings. The standard InChI is InChI=1S/C14H28N4O/c1-7-8-9-18(6)14(15-10-12(2)3)16-11-13(19)17(4)5/h2,7-11H2,1,3-6H3,(H,15,16). The van der Waals surface area contributed by atoms with Crippen LogP contribution in [-0.4, -0.2) is 62.4 Å². The van der Waals surface area contributed by atoms with Crippen LogP contribution in [0.3, 0.4) is 0 Å². The van der Waals surface area contributed by atoms with Crippen LogP contribution in [0.25, 0.3) is 0 Å². The van der Waals surface area contributed by atoms with E-state index in [0.717, 1.165) is 30.9 Å². The van der Waals surface area contributed by atoms with Crippen molar-refractivity contribution in [3.63, 3.8) is 0 Å². The van der Waals surface area contributed by atoms with Gasteiger partial charge in [-0.1, -0.05) is 25.5 Å². The van der Waals surface area contributed by atoms with Crippen molar-refractivity contribution in [2.45, 2.75) is 26.7 Å². The maximum Gasteiger partial charge on any atom is 0.243 e. The number of unbranched alkanes of at least 4 members (excludes halogenated alkanes) is 1. The van der Waals surface area contributed by atoms with Gasteiger partial charge in [-0.25, -0.2) is 4.99 Å². The van der Waals surface area contributed by atoms with Crippen molar-refractivity contribution in [3.8, 4) is 0 Å². The third-order valence-corrected chi connectivity index (χ3v) is 2.62. The summed E-state index contributed by atoms with van der Waals surface area (Å²) in [5.74, 6) is 0.755. The number of carbonyl (C=O) groups excluding carboxylic acids is 1. The first-order valence-electron chi connectivity index (χ1n) is 6.72. The molecule has 0 unspecified atom stereocenters. The molecule has 0 aromatic carbocycles. The number of hydrogen-bond acceptors (Lipinski definition) is 2. The molecule has 0 aliphatic rings. The van der Waals surface area contributed by atoms with Gasteiger partial charge in [-0.3, -0.25) is 4.79 Å². The fraction of sp³-hybridized carbons (Fsp3) is 0.714. The topological polar surface area (TPSA) is 47.9 Å². The van der Waals surface area contributed by atoms with Gasteiger partial charge in [0.2, 0.25) is 5.91 Å². The van der Waals surface area contributed by atoms with Crippen molar-refractivity contribution in [1.82, 2.24) is 15.1 Å². The molecule has 0 radical (unpaired) electrons.